The Morgan fingerprint density at radius 2 is 2.21 bits per heavy atom. The lowest BCUT2D eigenvalue weighted by Gasteiger charge is -2.15. The third kappa shape index (κ3) is 3.91. The third-order valence-corrected chi connectivity index (χ3v) is 3.19. The molecule has 4 nitrogen and oxygen atoms in total. The van der Waals surface area contributed by atoms with E-state index in [2.05, 4.69) is 23.0 Å². The van der Waals surface area contributed by atoms with Gasteiger partial charge in [0.05, 0.1) is 6.54 Å². The number of rotatable bonds is 6. The molecule has 0 radical (unpaired) electrons. The largest absolute Gasteiger partial charge is 0.465 e. The van der Waals surface area contributed by atoms with Crippen LogP contribution in [0.2, 0.25) is 0 Å². The number of hydrogen-bond acceptors (Lipinski definition) is 4. The predicted octanol–water partition coefficient (Wildman–Crippen LogP) is 2.12. The maximum Gasteiger partial charge on any atom is 0.118 e. The van der Waals surface area contributed by atoms with Crippen LogP contribution in [0.1, 0.15) is 22.8 Å². The first-order valence-corrected chi connectivity index (χ1v) is 6.55. The van der Waals surface area contributed by atoms with Gasteiger partial charge in [0.1, 0.15) is 11.5 Å². The van der Waals surface area contributed by atoms with Gasteiger partial charge in [-0.05, 0) is 32.2 Å². The summed E-state index contributed by atoms with van der Waals surface area (Å²) in [6, 6.07) is 8.07. The fourth-order valence-electron chi connectivity index (χ4n) is 2.07. The summed E-state index contributed by atoms with van der Waals surface area (Å²) in [5, 5.41) is 0. The molecule has 0 aliphatic carbocycles. The second kappa shape index (κ2) is 6.50. The normalized spacial score (nSPS) is 11.2. The zero-order valence-electron chi connectivity index (χ0n) is 11.6. The van der Waals surface area contributed by atoms with E-state index in [9.17, 15) is 0 Å². The van der Waals surface area contributed by atoms with Crippen LogP contribution in [0.4, 0.5) is 0 Å². The number of nitrogens with zero attached hydrogens (tertiary/aromatic N) is 2. The van der Waals surface area contributed by atoms with Crippen molar-refractivity contribution in [1.29, 1.82) is 0 Å². The standard InChI is InChI=1S/C15H21N3O/c1-12-13(9-15(10-16)19-12)11-18(2)8-6-14-5-3-4-7-17-14/h3-5,7,9H,6,8,10-11,16H2,1-2H3. The Morgan fingerprint density at radius 1 is 1.37 bits per heavy atom. The van der Waals surface area contributed by atoms with Crippen LogP contribution in [0, 0.1) is 6.92 Å². The van der Waals surface area contributed by atoms with Gasteiger partial charge >= 0.3 is 0 Å². The fraction of sp³-hybridized carbons (Fsp3) is 0.400. The van der Waals surface area contributed by atoms with Crippen molar-refractivity contribution in [1.82, 2.24) is 9.88 Å². The Morgan fingerprint density at radius 3 is 2.84 bits per heavy atom. The van der Waals surface area contributed by atoms with Gasteiger partial charge in [-0.2, -0.15) is 0 Å². The summed E-state index contributed by atoms with van der Waals surface area (Å²) >= 11 is 0. The van der Waals surface area contributed by atoms with Crippen LogP contribution in [0.5, 0.6) is 0 Å². The van der Waals surface area contributed by atoms with Crippen molar-refractivity contribution in [2.24, 2.45) is 5.73 Å². The number of pyridine rings is 1. The molecule has 0 aromatic carbocycles. The van der Waals surface area contributed by atoms with Crippen LogP contribution >= 0.6 is 0 Å². The van der Waals surface area contributed by atoms with Gasteiger partial charge in [-0.15, -0.1) is 0 Å². The molecule has 2 N–H and O–H groups in total. The molecule has 2 heterocycles. The minimum Gasteiger partial charge on any atom is -0.465 e. The van der Waals surface area contributed by atoms with E-state index in [0.29, 0.717) is 6.54 Å². The molecule has 0 unspecified atom stereocenters. The number of nitrogens with two attached hydrogens (primary N) is 1. The summed E-state index contributed by atoms with van der Waals surface area (Å²) in [6.07, 6.45) is 2.79. The molecule has 0 bridgehead atoms. The fourth-order valence-corrected chi connectivity index (χ4v) is 2.07. The molecule has 0 atom stereocenters. The van der Waals surface area contributed by atoms with Crippen molar-refractivity contribution in [3.05, 3.63) is 53.2 Å². The first-order valence-electron chi connectivity index (χ1n) is 6.55. The number of aromatic nitrogens is 1. The highest BCUT2D eigenvalue weighted by molar-refractivity contribution is 5.20. The first kappa shape index (κ1) is 13.8. The summed E-state index contributed by atoms with van der Waals surface area (Å²) in [4.78, 5) is 6.60. The third-order valence-electron chi connectivity index (χ3n) is 3.19. The minimum absolute atomic E-state index is 0.457. The van der Waals surface area contributed by atoms with Crippen molar-refractivity contribution < 1.29 is 4.42 Å². The van der Waals surface area contributed by atoms with Crippen LogP contribution in [0.3, 0.4) is 0 Å². The summed E-state index contributed by atoms with van der Waals surface area (Å²) in [5.41, 5.74) is 7.92. The topological polar surface area (TPSA) is 55.3 Å². The van der Waals surface area contributed by atoms with Gasteiger partial charge in [-0.25, -0.2) is 0 Å². The second-order valence-corrected chi connectivity index (χ2v) is 4.81. The molecule has 102 valence electrons. The molecular formula is C15H21N3O. The predicted molar refractivity (Wildman–Crippen MR) is 75.6 cm³/mol. The maximum absolute atomic E-state index is 5.58. The molecule has 4 heteroatoms. The van der Waals surface area contributed by atoms with E-state index in [4.69, 9.17) is 10.2 Å². The number of likely N-dealkylation sites (N-methyl/N-ethyl adjacent to an activating group) is 1. The highest BCUT2D eigenvalue weighted by Crippen LogP contribution is 2.15. The van der Waals surface area contributed by atoms with E-state index in [1.165, 1.54) is 5.56 Å². The molecule has 0 amide bonds. The van der Waals surface area contributed by atoms with Crippen LogP contribution < -0.4 is 5.73 Å². The van der Waals surface area contributed by atoms with E-state index in [1.54, 1.807) is 0 Å². The van der Waals surface area contributed by atoms with E-state index in [1.807, 2.05) is 31.3 Å². The van der Waals surface area contributed by atoms with Crippen LogP contribution in [0.25, 0.3) is 0 Å². The van der Waals surface area contributed by atoms with Gasteiger partial charge in [0, 0.05) is 37.0 Å². The Labute approximate surface area is 114 Å². The Kier molecular flexibility index (Phi) is 4.71. The van der Waals surface area contributed by atoms with E-state index >= 15 is 0 Å². The smallest absolute Gasteiger partial charge is 0.118 e. The molecule has 0 saturated carbocycles. The molecule has 0 aliphatic rings. The number of furan rings is 1. The molecule has 2 aromatic heterocycles. The Hall–Kier alpha value is -1.65. The highest BCUT2D eigenvalue weighted by Gasteiger charge is 2.09. The lowest BCUT2D eigenvalue weighted by molar-refractivity contribution is 0.327. The number of aryl methyl sites for hydroxylation is 1. The summed E-state index contributed by atoms with van der Waals surface area (Å²) in [6.45, 7) is 4.29. The SMILES string of the molecule is Cc1oc(CN)cc1CN(C)CCc1ccccn1. The first-order chi connectivity index (χ1) is 9.19. The summed E-state index contributed by atoms with van der Waals surface area (Å²) in [7, 11) is 2.11. The maximum atomic E-state index is 5.58. The zero-order valence-corrected chi connectivity index (χ0v) is 11.6. The van der Waals surface area contributed by atoms with E-state index in [-0.39, 0.29) is 0 Å². The van der Waals surface area contributed by atoms with Gasteiger partial charge in [0.2, 0.25) is 0 Å². The van der Waals surface area contributed by atoms with Crippen LogP contribution in [0.15, 0.2) is 34.9 Å². The highest BCUT2D eigenvalue weighted by atomic mass is 16.3. The van der Waals surface area contributed by atoms with Gasteiger partial charge in [0.15, 0.2) is 0 Å². The molecule has 0 aliphatic heterocycles. The van der Waals surface area contributed by atoms with Gasteiger partial charge < -0.3 is 15.1 Å². The monoisotopic (exact) mass is 259 g/mol. The zero-order chi connectivity index (χ0) is 13.7. The lowest BCUT2D eigenvalue weighted by atomic mass is 10.2. The van der Waals surface area contributed by atoms with Crippen molar-refractivity contribution in [3.8, 4) is 0 Å². The summed E-state index contributed by atoms with van der Waals surface area (Å²) < 4.78 is 5.56. The molecule has 2 aromatic rings. The van der Waals surface area contributed by atoms with Gasteiger partial charge in [0.25, 0.3) is 0 Å². The molecule has 2 rings (SSSR count). The molecule has 0 spiro atoms. The average Bonchev–Trinajstić information content (AvgIpc) is 2.78. The molecule has 0 fully saturated rings. The van der Waals surface area contributed by atoms with E-state index < -0.39 is 0 Å². The van der Waals surface area contributed by atoms with Crippen molar-refractivity contribution in [3.63, 3.8) is 0 Å². The van der Waals surface area contributed by atoms with Gasteiger partial charge in [-0.3, -0.25) is 4.98 Å². The van der Waals surface area contributed by atoms with Crippen molar-refractivity contribution >= 4 is 0 Å². The Bertz CT molecular complexity index is 507. The van der Waals surface area contributed by atoms with Crippen LogP contribution in [-0.2, 0) is 19.5 Å². The number of hydrogen-bond donors (Lipinski definition) is 1. The lowest BCUT2D eigenvalue weighted by Crippen LogP contribution is -2.21. The molecular weight excluding hydrogens is 238 g/mol. The van der Waals surface area contributed by atoms with Crippen LogP contribution in [-0.4, -0.2) is 23.5 Å². The minimum atomic E-state index is 0.457. The Balaban J connectivity index is 1.87. The summed E-state index contributed by atoms with van der Waals surface area (Å²) in [5.74, 6) is 1.82. The van der Waals surface area contributed by atoms with E-state index in [0.717, 1.165) is 36.7 Å². The van der Waals surface area contributed by atoms with Gasteiger partial charge in [-0.1, -0.05) is 6.07 Å². The second-order valence-electron chi connectivity index (χ2n) is 4.81. The average molecular weight is 259 g/mol. The quantitative estimate of drug-likeness (QED) is 0.863. The molecule has 0 saturated heterocycles. The molecule has 19 heavy (non-hydrogen) atoms. The van der Waals surface area contributed by atoms with Crippen molar-refractivity contribution in [2.75, 3.05) is 13.6 Å². The van der Waals surface area contributed by atoms with Crippen molar-refractivity contribution in [2.45, 2.75) is 26.4 Å².